The van der Waals surface area contributed by atoms with E-state index in [1.54, 1.807) is 0 Å². The molecule has 0 aromatic heterocycles. The van der Waals surface area contributed by atoms with Gasteiger partial charge in [0.05, 0.1) is 0 Å². The second-order valence-electron chi connectivity index (χ2n) is 7.35. The highest BCUT2D eigenvalue weighted by molar-refractivity contribution is 5.19. The van der Waals surface area contributed by atoms with Crippen molar-refractivity contribution in [3.8, 4) is 0 Å². The standard InChI is InChI=1S/C19H32N2/c1-5-9-18(16-10-7-6-8-11-16)20-17-12-14-21(15-13-17)19(2,3)4/h6-8,10-11,17-18,20H,5,9,12-15H2,1-4H3. The van der Waals surface area contributed by atoms with Crippen molar-refractivity contribution in [3.63, 3.8) is 0 Å². The molecule has 1 unspecified atom stereocenters. The topological polar surface area (TPSA) is 15.3 Å². The molecule has 118 valence electrons. The Kier molecular flexibility index (Phi) is 5.83. The molecule has 21 heavy (non-hydrogen) atoms. The third-order valence-corrected chi connectivity index (χ3v) is 4.66. The summed E-state index contributed by atoms with van der Waals surface area (Å²) in [7, 11) is 0. The van der Waals surface area contributed by atoms with Gasteiger partial charge in [-0.25, -0.2) is 0 Å². The van der Waals surface area contributed by atoms with Gasteiger partial charge in [0, 0.05) is 30.7 Å². The number of benzene rings is 1. The number of nitrogens with one attached hydrogen (secondary N) is 1. The van der Waals surface area contributed by atoms with Crippen molar-refractivity contribution >= 4 is 0 Å². The predicted molar refractivity (Wildman–Crippen MR) is 91.6 cm³/mol. The SMILES string of the molecule is CCCC(NC1CCN(C(C)(C)C)CC1)c1ccccc1. The molecular weight excluding hydrogens is 256 g/mol. The summed E-state index contributed by atoms with van der Waals surface area (Å²) in [5, 5.41) is 3.92. The quantitative estimate of drug-likeness (QED) is 0.865. The Bertz CT molecular complexity index is 399. The molecule has 0 amide bonds. The number of nitrogens with zero attached hydrogens (tertiary/aromatic N) is 1. The van der Waals surface area contributed by atoms with Gasteiger partial charge in [-0.05, 0) is 45.6 Å². The van der Waals surface area contributed by atoms with Crippen LogP contribution < -0.4 is 5.32 Å². The molecule has 0 radical (unpaired) electrons. The highest BCUT2D eigenvalue weighted by Crippen LogP contribution is 2.24. The predicted octanol–water partition coefficient (Wildman–Crippen LogP) is 4.38. The van der Waals surface area contributed by atoms with Gasteiger partial charge in [-0.1, -0.05) is 43.7 Å². The molecule has 1 heterocycles. The van der Waals surface area contributed by atoms with E-state index in [4.69, 9.17) is 0 Å². The van der Waals surface area contributed by atoms with Gasteiger partial charge >= 0.3 is 0 Å². The van der Waals surface area contributed by atoms with E-state index < -0.39 is 0 Å². The van der Waals surface area contributed by atoms with Crippen molar-refractivity contribution in [2.75, 3.05) is 13.1 Å². The molecule has 1 aliphatic rings. The molecule has 0 spiro atoms. The Morgan fingerprint density at radius 1 is 1.14 bits per heavy atom. The van der Waals surface area contributed by atoms with E-state index in [1.165, 1.54) is 44.3 Å². The van der Waals surface area contributed by atoms with Crippen LogP contribution in [0.2, 0.25) is 0 Å². The molecule has 0 aliphatic carbocycles. The molecule has 1 N–H and O–H groups in total. The zero-order chi connectivity index (χ0) is 15.3. The fourth-order valence-electron chi connectivity index (χ4n) is 3.32. The average Bonchev–Trinajstić information content (AvgIpc) is 2.47. The molecule has 1 aromatic rings. The molecule has 1 fully saturated rings. The van der Waals surface area contributed by atoms with E-state index in [9.17, 15) is 0 Å². The molecule has 2 rings (SSSR count). The Morgan fingerprint density at radius 2 is 1.76 bits per heavy atom. The largest absolute Gasteiger partial charge is 0.307 e. The van der Waals surface area contributed by atoms with Crippen molar-refractivity contribution in [2.24, 2.45) is 0 Å². The number of hydrogen-bond acceptors (Lipinski definition) is 2. The minimum absolute atomic E-state index is 0.313. The molecule has 1 atom stereocenters. The van der Waals surface area contributed by atoms with Gasteiger partial charge in [0.25, 0.3) is 0 Å². The summed E-state index contributed by atoms with van der Waals surface area (Å²) in [5.41, 5.74) is 1.75. The summed E-state index contributed by atoms with van der Waals surface area (Å²) in [6.45, 7) is 11.7. The van der Waals surface area contributed by atoms with Gasteiger partial charge in [-0.15, -0.1) is 0 Å². The van der Waals surface area contributed by atoms with Crippen molar-refractivity contribution in [1.29, 1.82) is 0 Å². The maximum atomic E-state index is 3.92. The summed E-state index contributed by atoms with van der Waals surface area (Å²) in [6, 6.07) is 12.1. The van der Waals surface area contributed by atoms with Crippen LogP contribution in [0.25, 0.3) is 0 Å². The van der Waals surface area contributed by atoms with Crippen LogP contribution in [0.1, 0.15) is 65.0 Å². The molecule has 0 bridgehead atoms. The molecule has 2 heteroatoms. The first kappa shape index (κ1) is 16.5. The number of hydrogen-bond donors (Lipinski definition) is 1. The lowest BCUT2D eigenvalue weighted by molar-refractivity contribution is 0.0933. The smallest absolute Gasteiger partial charge is 0.0322 e. The van der Waals surface area contributed by atoms with Crippen LogP contribution in [-0.4, -0.2) is 29.6 Å². The third kappa shape index (κ3) is 4.82. The van der Waals surface area contributed by atoms with Crippen LogP contribution in [-0.2, 0) is 0 Å². The summed E-state index contributed by atoms with van der Waals surface area (Å²) < 4.78 is 0. The zero-order valence-electron chi connectivity index (χ0n) is 14.2. The molecular formula is C19H32N2. The van der Waals surface area contributed by atoms with Gasteiger partial charge in [-0.2, -0.15) is 0 Å². The summed E-state index contributed by atoms with van der Waals surface area (Å²) >= 11 is 0. The molecule has 1 saturated heterocycles. The fraction of sp³-hybridized carbons (Fsp3) is 0.684. The van der Waals surface area contributed by atoms with Gasteiger partial charge in [0.15, 0.2) is 0 Å². The van der Waals surface area contributed by atoms with Crippen LogP contribution in [0.3, 0.4) is 0 Å². The molecule has 0 saturated carbocycles. The van der Waals surface area contributed by atoms with Gasteiger partial charge in [-0.3, -0.25) is 4.90 Å². The highest BCUT2D eigenvalue weighted by Gasteiger charge is 2.27. The Balaban J connectivity index is 1.91. The monoisotopic (exact) mass is 288 g/mol. The lowest BCUT2D eigenvalue weighted by atomic mass is 9.95. The summed E-state index contributed by atoms with van der Waals surface area (Å²) in [6.07, 6.45) is 4.99. The van der Waals surface area contributed by atoms with E-state index in [1.807, 2.05) is 0 Å². The fourth-order valence-corrected chi connectivity index (χ4v) is 3.32. The number of piperidine rings is 1. The van der Waals surface area contributed by atoms with Crippen molar-refractivity contribution in [1.82, 2.24) is 10.2 Å². The van der Waals surface area contributed by atoms with Crippen LogP contribution in [0.15, 0.2) is 30.3 Å². The first-order chi connectivity index (χ1) is 10.0. The number of rotatable bonds is 5. The van der Waals surface area contributed by atoms with Crippen LogP contribution in [0.4, 0.5) is 0 Å². The van der Waals surface area contributed by atoms with E-state index in [0.717, 1.165) is 0 Å². The van der Waals surface area contributed by atoms with Gasteiger partial charge in [0.2, 0.25) is 0 Å². The normalized spacial score (nSPS) is 19.6. The van der Waals surface area contributed by atoms with Gasteiger partial charge < -0.3 is 5.32 Å². The second kappa shape index (κ2) is 7.42. The maximum Gasteiger partial charge on any atom is 0.0322 e. The summed E-state index contributed by atoms with van der Waals surface area (Å²) in [4.78, 5) is 2.61. The van der Waals surface area contributed by atoms with Crippen molar-refractivity contribution in [2.45, 2.75) is 71.0 Å². The Labute approximate surface area is 130 Å². The van der Waals surface area contributed by atoms with Gasteiger partial charge in [0.1, 0.15) is 0 Å². The lowest BCUT2D eigenvalue weighted by Crippen LogP contribution is -2.50. The lowest BCUT2D eigenvalue weighted by Gasteiger charge is -2.42. The van der Waals surface area contributed by atoms with Crippen molar-refractivity contribution in [3.05, 3.63) is 35.9 Å². The third-order valence-electron chi connectivity index (χ3n) is 4.66. The van der Waals surface area contributed by atoms with E-state index in [2.05, 4.69) is 68.2 Å². The van der Waals surface area contributed by atoms with E-state index >= 15 is 0 Å². The Hall–Kier alpha value is -0.860. The minimum atomic E-state index is 0.313. The van der Waals surface area contributed by atoms with E-state index in [-0.39, 0.29) is 0 Å². The summed E-state index contributed by atoms with van der Waals surface area (Å²) in [5.74, 6) is 0. The molecule has 2 nitrogen and oxygen atoms in total. The van der Waals surface area contributed by atoms with Crippen LogP contribution in [0, 0.1) is 0 Å². The van der Waals surface area contributed by atoms with E-state index in [0.29, 0.717) is 17.6 Å². The first-order valence-corrected chi connectivity index (χ1v) is 8.56. The average molecular weight is 288 g/mol. The maximum absolute atomic E-state index is 3.92. The molecule has 1 aromatic carbocycles. The highest BCUT2D eigenvalue weighted by atomic mass is 15.2. The number of likely N-dealkylation sites (tertiary alicyclic amines) is 1. The van der Waals surface area contributed by atoms with Crippen molar-refractivity contribution < 1.29 is 0 Å². The first-order valence-electron chi connectivity index (χ1n) is 8.56. The molecule has 1 aliphatic heterocycles. The van der Waals surface area contributed by atoms with Crippen LogP contribution >= 0.6 is 0 Å². The minimum Gasteiger partial charge on any atom is -0.307 e. The Morgan fingerprint density at radius 3 is 2.29 bits per heavy atom. The second-order valence-corrected chi connectivity index (χ2v) is 7.35. The van der Waals surface area contributed by atoms with Crippen LogP contribution in [0.5, 0.6) is 0 Å². The zero-order valence-corrected chi connectivity index (χ0v) is 14.2.